The zero-order valence-electron chi connectivity index (χ0n) is 16.9. The SMILES string of the molecule is CCc1ccc(CN(C)C(=O)CCc2ccc(OC)c(OC)c2OC)cc1. The molecule has 0 saturated carbocycles. The lowest BCUT2D eigenvalue weighted by Crippen LogP contribution is -2.26. The number of rotatable bonds is 9. The van der Waals surface area contributed by atoms with Crippen molar-refractivity contribution in [2.75, 3.05) is 28.4 Å². The number of ether oxygens (including phenoxy) is 3. The molecule has 0 unspecified atom stereocenters. The summed E-state index contributed by atoms with van der Waals surface area (Å²) in [5, 5.41) is 0. The molecule has 5 heteroatoms. The third-order valence-electron chi connectivity index (χ3n) is 4.67. The Kier molecular flexibility index (Phi) is 7.53. The normalized spacial score (nSPS) is 10.4. The summed E-state index contributed by atoms with van der Waals surface area (Å²) in [5.41, 5.74) is 3.35. The zero-order chi connectivity index (χ0) is 19.8. The molecule has 0 atom stereocenters. The summed E-state index contributed by atoms with van der Waals surface area (Å²) in [6.45, 7) is 2.74. The number of amides is 1. The van der Waals surface area contributed by atoms with Crippen LogP contribution >= 0.6 is 0 Å². The molecule has 2 rings (SSSR count). The summed E-state index contributed by atoms with van der Waals surface area (Å²) in [6, 6.07) is 12.1. The standard InChI is InChI=1S/C22H29NO4/c1-6-16-7-9-17(10-8-16)15-23(2)20(24)14-12-18-11-13-19(25-3)22(27-5)21(18)26-4/h7-11,13H,6,12,14-15H2,1-5H3. The van der Waals surface area contributed by atoms with E-state index in [0.717, 1.165) is 17.5 Å². The smallest absolute Gasteiger partial charge is 0.222 e. The highest BCUT2D eigenvalue weighted by atomic mass is 16.5. The van der Waals surface area contributed by atoms with Crippen molar-refractivity contribution in [2.45, 2.75) is 32.7 Å². The van der Waals surface area contributed by atoms with E-state index < -0.39 is 0 Å². The average molecular weight is 371 g/mol. The number of carbonyl (C=O) groups is 1. The molecule has 0 N–H and O–H groups in total. The fourth-order valence-corrected chi connectivity index (χ4v) is 3.03. The average Bonchev–Trinajstić information content (AvgIpc) is 2.71. The molecule has 0 aliphatic rings. The summed E-state index contributed by atoms with van der Waals surface area (Å²) < 4.78 is 16.2. The molecule has 0 aromatic heterocycles. The van der Waals surface area contributed by atoms with Gasteiger partial charge in [-0.3, -0.25) is 4.79 Å². The third-order valence-corrected chi connectivity index (χ3v) is 4.67. The Hall–Kier alpha value is -2.69. The van der Waals surface area contributed by atoms with E-state index in [-0.39, 0.29) is 5.91 Å². The molecule has 27 heavy (non-hydrogen) atoms. The molecule has 0 aliphatic carbocycles. The van der Waals surface area contributed by atoms with E-state index in [9.17, 15) is 4.79 Å². The van der Waals surface area contributed by atoms with Crippen LogP contribution in [0.4, 0.5) is 0 Å². The number of hydrogen-bond acceptors (Lipinski definition) is 4. The van der Waals surface area contributed by atoms with E-state index in [1.54, 1.807) is 26.2 Å². The Morgan fingerprint density at radius 1 is 0.889 bits per heavy atom. The van der Waals surface area contributed by atoms with Crippen molar-refractivity contribution in [2.24, 2.45) is 0 Å². The Bertz CT molecular complexity index is 756. The second-order valence-corrected chi connectivity index (χ2v) is 6.41. The lowest BCUT2D eigenvalue weighted by atomic mass is 10.1. The second kappa shape index (κ2) is 9.86. The van der Waals surface area contributed by atoms with Gasteiger partial charge in [0.2, 0.25) is 11.7 Å². The zero-order valence-corrected chi connectivity index (χ0v) is 16.9. The predicted octanol–water partition coefficient (Wildman–Crippen LogP) is 3.87. The molecule has 5 nitrogen and oxygen atoms in total. The van der Waals surface area contributed by atoms with Gasteiger partial charge in [-0.2, -0.15) is 0 Å². The van der Waals surface area contributed by atoms with Crippen LogP contribution in [0.5, 0.6) is 17.2 Å². The van der Waals surface area contributed by atoms with Gasteiger partial charge in [-0.25, -0.2) is 0 Å². The summed E-state index contributed by atoms with van der Waals surface area (Å²) in [5.74, 6) is 1.86. The molecule has 2 aromatic carbocycles. The van der Waals surface area contributed by atoms with Crippen LogP contribution in [-0.4, -0.2) is 39.2 Å². The van der Waals surface area contributed by atoms with Crippen molar-refractivity contribution in [3.8, 4) is 17.2 Å². The van der Waals surface area contributed by atoms with Crippen molar-refractivity contribution in [1.29, 1.82) is 0 Å². The van der Waals surface area contributed by atoms with E-state index in [1.807, 2.05) is 19.2 Å². The molecular formula is C22H29NO4. The number of aryl methyl sites for hydroxylation is 2. The molecule has 0 radical (unpaired) electrons. The lowest BCUT2D eigenvalue weighted by Gasteiger charge is -2.19. The first-order chi connectivity index (χ1) is 13.0. The van der Waals surface area contributed by atoms with Crippen LogP contribution < -0.4 is 14.2 Å². The highest BCUT2D eigenvalue weighted by Crippen LogP contribution is 2.40. The topological polar surface area (TPSA) is 48.0 Å². The Balaban J connectivity index is 2.01. The summed E-state index contributed by atoms with van der Waals surface area (Å²) >= 11 is 0. The van der Waals surface area contributed by atoms with E-state index in [1.165, 1.54) is 5.56 Å². The number of methoxy groups -OCH3 is 3. The van der Waals surface area contributed by atoms with Crippen LogP contribution in [-0.2, 0) is 24.2 Å². The highest BCUT2D eigenvalue weighted by molar-refractivity contribution is 5.76. The van der Waals surface area contributed by atoms with Crippen molar-refractivity contribution < 1.29 is 19.0 Å². The van der Waals surface area contributed by atoms with Gasteiger partial charge in [0.05, 0.1) is 21.3 Å². The van der Waals surface area contributed by atoms with Crippen molar-refractivity contribution >= 4 is 5.91 Å². The largest absolute Gasteiger partial charge is 0.493 e. The summed E-state index contributed by atoms with van der Waals surface area (Å²) in [6.07, 6.45) is 1.99. The van der Waals surface area contributed by atoms with Crippen molar-refractivity contribution in [1.82, 2.24) is 4.90 Å². The quantitative estimate of drug-likeness (QED) is 0.671. The van der Waals surface area contributed by atoms with Gasteiger partial charge >= 0.3 is 0 Å². The van der Waals surface area contributed by atoms with E-state index >= 15 is 0 Å². The Labute approximate surface area is 161 Å². The van der Waals surface area contributed by atoms with Gasteiger partial charge in [-0.05, 0) is 35.6 Å². The van der Waals surface area contributed by atoms with Crippen LogP contribution in [0.3, 0.4) is 0 Å². The highest BCUT2D eigenvalue weighted by Gasteiger charge is 2.17. The first-order valence-electron chi connectivity index (χ1n) is 9.13. The number of nitrogens with zero attached hydrogens (tertiary/aromatic N) is 1. The lowest BCUT2D eigenvalue weighted by molar-refractivity contribution is -0.130. The van der Waals surface area contributed by atoms with Crippen molar-refractivity contribution in [3.05, 3.63) is 53.1 Å². The van der Waals surface area contributed by atoms with Gasteiger partial charge in [-0.1, -0.05) is 37.3 Å². The van der Waals surface area contributed by atoms with Gasteiger partial charge in [-0.15, -0.1) is 0 Å². The van der Waals surface area contributed by atoms with Gasteiger partial charge in [0.25, 0.3) is 0 Å². The molecule has 0 heterocycles. The number of carbonyl (C=O) groups excluding carboxylic acids is 1. The van der Waals surface area contributed by atoms with Gasteiger partial charge in [0.1, 0.15) is 0 Å². The van der Waals surface area contributed by atoms with Gasteiger partial charge < -0.3 is 19.1 Å². The maximum atomic E-state index is 12.6. The molecule has 0 bridgehead atoms. The monoisotopic (exact) mass is 371 g/mol. The van der Waals surface area contributed by atoms with Crippen LogP contribution in [0.1, 0.15) is 30.0 Å². The minimum atomic E-state index is 0.0893. The second-order valence-electron chi connectivity index (χ2n) is 6.41. The molecule has 0 fully saturated rings. The van der Waals surface area contributed by atoms with Crippen LogP contribution in [0.2, 0.25) is 0 Å². The Morgan fingerprint density at radius 2 is 1.52 bits per heavy atom. The van der Waals surface area contributed by atoms with E-state index in [0.29, 0.717) is 36.6 Å². The van der Waals surface area contributed by atoms with Crippen LogP contribution in [0.25, 0.3) is 0 Å². The van der Waals surface area contributed by atoms with Gasteiger partial charge in [0.15, 0.2) is 11.5 Å². The molecule has 1 amide bonds. The molecule has 2 aromatic rings. The maximum Gasteiger partial charge on any atom is 0.222 e. The third kappa shape index (κ3) is 5.16. The molecule has 146 valence electrons. The molecule has 0 spiro atoms. The first-order valence-corrected chi connectivity index (χ1v) is 9.13. The van der Waals surface area contributed by atoms with Crippen molar-refractivity contribution in [3.63, 3.8) is 0 Å². The first kappa shape index (κ1) is 20.6. The summed E-state index contributed by atoms with van der Waals surface area (Å²) in [4.78, 5) is 14.3. The fourth-order valence-electron chi connectivity index (χ4n) is 3.03. The maximum absolute atomic E-state index is 12.6. The van der Waals surface area contributed by atoms with E-state index in [4.69, 9.17) is 14.2 Å². The van der Waals surface area contributed by atoms with Gasteiger partial charge in [0, 0.05) is 20.0 Å². The number of hydrogen-bond donors (Lipinski definition) is 0. The molecule has 0 saturated heterocycles. The minimum Gasteiger partial charge on any atom is -0.493 e. The predicted molar refractivity (Wildman–Crippen MR) is 107 cm³/mol. The Morgan fingerprint density at radius 3 is 2.07 bits per heavy atom. The fraction of sp³-hybridized carbons (Fsp3) is 0.409. The minimum absolute atomic E-state index is 0.0893. The number of benzene rings is 2. The molecular weight excluding hydrogens is 342 g/mol. The van der Waals surface area contributed by atoms with Crippen LogP contribution in [0, 0.1) is 0 Å². The van der Waals surface area contributed by atoms with E-state index in [2.05, 4.69) is 31.2 Å². The van der Waals surface area contributed by atoms with Crippen LogP contribution in [0.15, 0.2) is 36.4 Å². The summed E-state index contributed by atoms with van der Waals surface area (Å²) in [7, 11) is 6.59. The molecule has 0 aliphatic heterocycles.